The Morgan fingerprint density at radius 2 is 1.94 bits per heavy atom. The first-order chi connectivity index (χ1) is 8.21. The quantitative estimate of drug-likeness (QED) is 0.803. The normalized spacial score (nSPS) is 10.9. The van der Waals surface area contributed by atoms with Crippen molar-refractivity contribution in [2.75, 3.05) is 5.06 Å². The van der Waals surface area contributed by atoms with E-state index >= 15 is 0 Å². The highest BCUT2D eigenvalue weighted by atomic mass is 35.5. The van der Waals surface area contributed by atoms with E-state index in [1.165, 1.54) is 18.2 Å². The lowest BCUT2D eigenvalue weighted by atomic mass is 10.3. The summed E-state index contributed by atoms with van der Waals surface area (Å²) in [6.07, 6.45) is -5.24. The Balaban J connectivity index is 2.98. The van der Waals surface area contributed by atoms with Crippen molar-refractivity contribution in [1.29, 1.82) is 0 Å². The van der Waals surface area contributed by atoms with Crippen molar-refractivity contribution >= 4 is 29.3 Å². The van der Waals surface area contributed by atoms with Gasteiger partial charge in [0.1, 0.15) is 0 Å². The van der Waals surface area contributed by atoms with Gasteiger partial charge in [-0.3, -0.25) is 0 Å². The Hall–Kier alpha value is -1.96. The van der Waals surface area contributed by atoms with E-state index in [0.29, 0.717) is 0 Å². The van der Waals surface area contributed by atoms with Crippen LogP contribution >= 0.6 is 11.6 Å². The first kappa shape index (κ1) is 14.1. The van der Waals surface area contributed by atoms with Gasteiger partial charge in [0, 0.05) is 5.02 Å². The van der Waals surface area contributed by atoms with Crippen LogP contribution in [0.1, 0.15) is 0 Å². The molecule has 0 aromatic heterocycles. The third-order valence-electron chi connectivity index (χ3n) is 1.65. The molecule has 2 amide bonds. The number of rotatable bonds is 1. The molecule has 0 fully saturated rings. The van der Waals surface area contributed by atoms with Gasteiger partial charge in [-0.1, -0.05) is 17.7 Å². The molecular weight excluding hydrogens is 277 g/mol. The van der Waals surface area contributed by atoms with Crippen LogP contribution in [0, 0.1) is 0 Å². The summed E-state index contributed by atoms with van der Waals surface area (Å²) in [6, 6.07) is 3.66. The van der Waals surface area contributed by atoms with Crippen molar-refractivity contribution in [3.05, 3.63) is 29.3 Å². The number of urea groups is 1. The second-order valence-corrected chi connectivity index (χ2v) is 3.43. The number of alkyl halides is 3. The van der Waals surface area contributed by atoms with Gasteiger partial charge in [0.15, 0.2) is 0 Å². The topological polar surface area (TPSA) is 72.6 Å². The number of hydrogen-bond donors (Lipinski definition) is 1. The van der Waals surface area contributed by atoms with Crippen LogP contribution in [-0.2, 0) is 9.63 Å². The number of primary amides is 1. The van der Waals surface area contributed by atoms with Gasteiger partial charge in [-0.2, -0.15) is 13.2 Å². The molecule has 0 aliphatic carbocycles. The van der Waals surface area contributed by atoms with Crippen LogP contribution in [0.3, 0.4) is 0 Å². The van der Waals surface area contributed by atoms with E-state index in [9.17, 15) is 22.8 Å². The highest BCUT2D eigenvalue weighted by molar-refractivity contribution is 6.30. The van der Waals surface area contributed by atoms with Crippen LogP contribution in [0.15, 0.2) is 24.3 Å². The van der Waals surface area contributed by atoms with E-state index in [4.69, 9.17) is 17.3 Å². The molecule has 1 aromatic carbocycles. The fraction of sp³-hybridized carbons (Fsp3) is 0.111. The van der Waals surface area contributed by atoms with Gasteiger partial charge in [-0.25, -0.2) is 9.59 Å². The average Bonchev–Trinajstić information content (AvgIpc) is 2.23. The lowest BCUT2D eigenvalue weighted by Crippen LogP contribution is -2.41. The van der Waals surface area contributed by atoms with Crippen LogP contribution in [0.5, 0.6) is 0 Å². The molecule has 0 saturated carbocycles. The fourth-order valence-electron chi connectivity index (χ4n) is 0.962. The molecule has 1 aromatic rings. The highest BCUT2D eigenvalue weighted by Crippen LogP contribution is 2.23. The number of carbonyl (C=O) groups is 2. The molecule has 0 bridgehead atoms. The molecule has 0 heterocycles. The van der Waals surface area contributed by atoms with Gasteiger partial charge in [-0.05, 0) is 18.2 Å². The van der Waals surface area contributed by atoms with E-state index in [1.54, 1.807) is 0 Å². The standard InChI is InChI=1S/C9H6ClF3N2O3/c10-5-2-1-3-6(4-5)15(8(14)17)18-7(16)9(11,12)13/h1-4H,(H2,14,17). The zero-order valence-corrected chi connectivity index (χ0v) is 9.33. The number of carbonyl (C=O) groups excluding carboxylic acids is 2. The van der Waals surface area contributed by atoms with Crippen molar-refractivity contribution in [2.45, 2.75) is 6.18 Å². The maximum Gasteiger partial charge on any atom is 0.493 e. The Bertz CT molecular complexity index is 478. The van der Waals surface area contributed by atoms with Gasteiger partial charge in [0.05, 0.1) is 5.69 Å². The summed E-state index contributed by atoms with van der Waals surface area (Å²) in [4.78, 5) is 25.4. The van der Waals surface area contributed by atoms with Gasteiger partial charge >= 0.3 is 18.2 Å². The molecule has 0 saturated heterocycles. The van der Waals surface area contributed by atoms with E-state index in [1.807, 2.05) is 0 Å². The van der Waals surface area contributed by atoms with Crippen molar-refractivity contribution < 1.29 is 27.6 Å². The molecule has 2 N–H and O–H groups in total. The SMILES string of the molecule is NC(=O)N(OC(=O)C(F)(F)F)c1cccc(Cl)c1. The van der Waals surface area contributed by atoms with Crippen molar-refractivity contribution in [1.82, 2.24) is 0 Å². The second kappa shape index (κ2) is 5.13. The van der Waals surface area contributed by atoms with E-state index in [2.05, 4.69) is 4.84 Å². The largest absolute Gasteiger partial charge is 0.493 e. The number of nitrogens with two attached hydrogens (primary N) is 1. The average molecular weight is 283 g/mol. The monoisotopic (exact) mass is 282 g/mol. The smallest absolute Gasteiger partial charge is 0.349 e. The first-order valence-electron chi connectivity index (χ1n) is 4.36. The molecule has 0 spiro atoms. The summed E-state index contributed by atoms with van der Waals surface area (Å²) in [7, 11) is 0. The van der Waals surface area contributed by atoms with Gasteiger partial charge in [0.2, 0.25) is 0 Å². The molecule has 0 atom stereocenters. The molecule has 0 unspecified atom stereocenters. The van der Waals surface area contributed by atoms with Crippen molar-refractivity contribution in [3.63, 3.8) is 0 Å². The third kappa shape index (κ3) is 3.52. The molecular formula is C9H6ClF3N2O3. The highest BCUT2D eigenvalue weighted by Gasteiger charge is 2.43. The van der Waals surface area contributed by atoms with Crippen LogP contribution in [0.25, 0.3) is 0 Å². The van der Waals surface area contributed by atoms with E-state index in [0.717, 1.165) is 6.07 Å². The minimum absolute atomic E-state index is 0.00169. The summed E-state index contributed by atoms with van der Waals surface area (Å²) in [5.41, 5.74) is 4.61. The summed E-state index contributed by atoms with van der Waals surface area (Å²) in [5.74, 6) is -2.57. The first-order valence-corrected chi connectivity index (χ1v) is 4.74. The van der Waals surface area contributed by atoms with Crippen LogP contribution in [0.2, 0.25) is 5.02 Å². The summed E-state index contributed by atoms with van der Waals surface area (Å²) < 4.78 is 36.0. The zero-order valence-electron chi connectivity index (χ0n) is 8.57. The zero-order chi connectivity index (χ0) is 13.9. The second-order valence-electron chi connectivity index (χ2n) is 2.99. The maximum absolute atomic E-state index is 12.0. The van der Waals surface area contributed by atoms with Crippen LogP contribution < -0.4 is 10.8 Å². The molecule has 0 aliphatic rings. The predicted octanol–water partition coefficient (Wildman–Crippen LogP) is 2.25. The maximum atomic E-state index is 12.0. The van der Waals surface area contributed by atoms with Gasteiger partial charge in [-0.15, -0.1) is 5.06 Å². The fourth-order valence-corrected chi connectivity index (χ4v) is 1.15. The molecule has 0 aliphatic heterocycles. The molecule has 98 valence electrons. The van der Waals surface area contributed by atoms with Crippen molar-refractivity contribution in [3.8, 4) is 0 Å². The number of halogens is 4. The number of anilines is 1. The molecule has 5 nitrogen and oxygen atoms in total. The Kier molecular flexibility index (Phi) is 4.02. The molecule has 1 rings (SSSR count). The van der Waals surface area contributed by atoms with Gasteiger partial charge in [0.25, 0.3) is 0 Å². The Morgan fingerprint density at radius 1 is 1.33 bits per heavy atom. The number of hydrogen-bond acceptors (Lipinski definition) is 3. The lowest BCUT2D eigenvalue weighted by Gasteiger charge is -2.19. The summed E-state index contributed by atoms with van der Waals surface area (Å²) in [5, 5.41) is 0.128. The minimum Gasteiger partial charge on any atom is -0.349 e. The summed E-state index contributed by atoms with van der Waals surface area (Å²) >= 11 is 5.58. The summed E-state index contributed by atoms with van der Waals surface area (Å²) in [6.45, 7) is 0. The predicted molar refractivity (Wildman–Crippen MR) is 55.7 cm³/mol. The van der Waals surface area contributed by atoms with Crippen molar-refractivity contribution in [2.24, 2.45) is 5.73 Å². The number of benzene rings is 1. The number of amides is 2. The Morgan fingerprint density at radius 3 is 2.39 bits per heavy atom. The van der Waals surface area contributed by atoms with Crippen LogP contribution in [-0.4, -0.2) is 18.2 Å². The van der Waals surface area contributed by atoms with Gasteiger partial charge < -0.3 is 10.6 Å². The minimum atomic E-state index is -5.24. The van der Waals surface area contributed by atoms with E-state index < -0.39 is 18.2 Å². The lowest BCUT2D eigenvalue weighted by molar-refractivity contribution is -0.199. The third-order valence-corrected chi connectivity index (χ3v) is 1.88. The molecule has 18 heavy (non-hydrogen) atoms. The molecule has 9 heteroatoms. The van der Waals surface area contributed by atoms with E-state index in [-0.39, 0.29) is 15.8 Å². The number of hydroxylamine groups is 1. The Labute approximate surface area is 104 Å². The van der Waals surface area contributed by atoms with Crippen LogP contribution in [0.4, 0.5) is 23.7 Å². The molecule has 0 radical (unpaired) electrons. The number of nitrogens with zero attached hydrogens (tertiary/aromatic N) is 1.